The highest BCUT2D eigenvalue weighted by molar-refractivity contribution is 9.10. The van der Waals surface area contributed by atoms with Gasteiger partial charge in [-0.15, -0.1) is 0 Å². The Balaban J connectivity index is 2.05. The van der Waals surface area contributed by atoms with Crippen molar-refractivity contribution >= 4 is 33.4 Å². The quantitative estimate of drug-likeness (QED) is 0.402. The number of Topliss-reactive ketones (excluding diaryl/α,β-unsaturated/α-hetero) is 1. The summed E-state index contributed by atoms with van der Waals surface area (Å²) in [7, 11) is 1.60. The van der Waals surface area contributed by atoms with Crippen molar-refractivity contribution in [2.45, 2.75) is 46.5 Å². The number of methoxy groups -OCH3 is 1. The Kier molecular flexibility index (Phi) is 7.37. The number of carbonyl (C=O) groups is 2. The largest absolute Gasteiger partial charge is 0.496 e. The lowest BCUT2D eigenvalue weighted by atomic mass is 9.67. The number of nitrogens with zero attached hydrogens (tertiary/aromatic N) is 1. The fourth-order valence-corrected chi connectivity index (χ4v) is 4.98. The topological polar surface area (TPSA) is 74.2 Å². The van der Waals surface area contributed by atoms with Crippen LogP contribution < -0.4 is 4.74 Å². The van der Waals surface area contributed by atoms with Gasteiger partial charge in [-0.3, -0.25) is 14.6 Å². The lowest BCUT2D eigenvalue weighted by molar-refractivity contribution is -0.148. The number of hydrogen-bond donors (Lipinski definition) is 0. The zero-order chi connectivity index (χ0) is 22.8. The lowest BCUT2D eigenvalue weighted by Gasteiger charge is -2.39. The molecule has 6 nitrogen and oxygen atoms in total. The van der Waals surface area contributed by atoms with E-state index in [9.17, 15) is 9.59 Å². The summed E-state index contributed by atoms with van der Waals surface area (Å²) >= 11 is 3.54. The summed E-state index contributed by atoms with van der Waals surface area (Å²) in [6.45, 7) is 8.95. The molecule has 0 amide bonds. The molecule has 0 saturated heterocycles. The smallest absolute Gasteiger partial charge is 0.315 e. The standard InChI is InChI=1S/C24H30BrNO5/c1-6-30-9-10-31-23(28)20-14(2)26-17-12-24(3,4)13-18(27)22(17)21(20)15-7-8-19(29-5)16(25)11-15/h7-8,11,20-21H,6,9-10,12-13H2,1-5H3/t20?,21-/m0/s1. The van der Waals surface area contributed by atoms with Gasteiger partial charge in [-0.1, -0.05) is 19.9 Å². The van der Waals surface area contributed by atoms with Crippen LogP contribution in [0.15, 0.2) is 38.9 Å². The van der Waals surface area contributed by atoms with Crippen LogP contribution in [-0.2, 0) is 19.1 Å². The number of halogens is 1. The summed E-state index contributed by atoms with van der Waals surface area (Å²) in [6.07, 6.45) is 1.13. The number of ketones is 1. The molecule has 7 heteroatoms. The summed E-state index contributed by atoms with van der Waals surface area (Å²) in [5.74, 6) is -0.761. The number of hydrogen-bond acceptors (Lipinski definition) is 6. The first-order chi connectivity index (χ1) is 14.7. The van der Waals surface area contributed by atoms with Crippen molar-refractivity contribution in [1.29, 1.82) is 0 Å². The van der Waals surface area contributed by atoms with E-state index in [1.165, 1.54) is 0 Å². The van der Waals surface area contributed by atoms with Crippen LogP contribution in [0, 0.1) is 11.3 Å². The maximum Gasteiger partial charge on any atom is 0.315 e. The van der Waals surface area contributed by atoms with E-state index < -0.39 is 11.8 Å². The molecule has 0 radical (unpaired) electrons. The molecule has 2 atom stereocenters. The molecule has 31 heavy (non-hydrogen) atoms. The van der Waals surface area contributed by atoms with Crippen molar-refractivity contribution in [3.05, 3.63) is 39.5 Å². The maximum atomic E-state index is 13.3. The summed E-state index contributed by atoms with van der Waals surface area (Å²) in [6, 6.07) is 5.67. The lowest BCUT2D eigenvalue weighted by Crippen LogP contribution is -2.39. The molecule has 0 bridgehead atoms. The van der Waals surface area contributed by atoms with E-state index in [2.05, 4.69) is 29.8 Å². The molecule has 0 aromatic heterocycles. The van der Waals surface area contributed by atoms with E-state index in [1.807, 2.05) is 32.0 Å². The van der Waals surface area contributed by atoms with Gasteiger partial charge in [-0.05, 0) is 59.3 Å². The van der Waals surface area contributed by atoms with Gasteiger partial charge in [0.15, 0.2) is 5.78 Å². The molecule has 3 rings (SSSR count). The van der Waals surface area contributed by atoms with E-state index in [4.69, 9.17) is 19.2 Å². The normalized spacial score (nSPS) is 22.6. The Morgan fingerprint density at radius 3 is 2.65 bits per heavy atom. The summed E-state index contributed by atoms with van der Waals surface area (Å²) in [4.78, 5) is 31.2. The monoisotopic (exact) mass is 491 g/mol. The second kappa shape index (κ2) is 9.65. The van der Waals surface area contributed by atoms with Gasteiger partial charge in [0.1, 0.15) is 18.3 Å². The molecule has 0 spiro atoms. The van der Waals surface area contributed by atoms with Crippen molar-refractivity contribution < 1.29 is 23.8 Å². The third-order valence-electron chi connectivity index (χ3n) is 5.77. The van der Waals surface area contributed by atoms with Crippen molar-refractivity contribution in [3.8, 4) is 5.75 Å². The Morgan fingerprint density at radius 2 is 2.00 bits per heavy atom. The van der Waals surface area contributed by atoms with Gasteiger partial charge in [0.2, 0.25) is 0 Å². The molecule has 1 heterocycles. The molecular formula is C24H30BrNO5. The van der Waals surface area contributed by atoms with Crippen molar-refractivity contribution in [2.75, 3.05) is 26.9 Å². The molecular weight excluding hydrogens is 462 g/mol. The van der Waals surface area contributed by atoms with Gasteiger partial charge in [0.25, 0.3) is 0 Å². The van der Waals surface area contributed by atoms with Crippen molar-refractivity contribution in [3.63, 3.8) is 0 Å². The Labute approximate surface area is 192 Å². The zero-order valence-electron chi connectivity index (χ0n) is 18.8. The molecule has 0 N–H and O–H groups in total. The number of esters is 1. The second-order valence-electron chi connectivity index (χ2n) is 8.77. The van der Waals surface area contributed by atoms with Crippen molar-refractivity contribution in [1.82, 2.24) is 0 Å². The van der Waals surface area contributed by atoms with Crippen LogP contribution in [0.3, 0.4) is 0 Å². The summed E-state index contributed by atoms with van der Waals surface area (Å²) < 4.78 is 16.9. The van der Waals surface area contributed by atoms with Gasteiger partial charge in [-0.25, -0.2) is 0 Å². The molecule has 1 aliphatic carbocycles. The highest BCUT2D eigenvalue weighted by Crippen LogP contribution is 2.48. The van der Waals surface area contributed by atoms with Crippen LogP contribution in [0.5, 0.6) is 5.75 Å². The molecule has 1 aromatic carbocycles. The van der Waals surface area contributed by atoms with Crippen LogP contribution in [0.25, 0.3) is 0 Å². The number of carbonyl (C=O) groups excluding carboxylic acids is 2. The molecule has 0 saturated carbocycles. The van der Waals surface area contributed by atoms with Gasteiger partial charge in [0, 0.05) is 35.9 Å². The Hall–Kier alpha value is -1.99. The predicted molar refractivity (Wildman–Crippen MR) is 123 cm³/mol. The first-order valence-electron chi connectivity index (χ1n) is 10.6. The van der Waals surface area contributed by atoms with Crippen molar-refractivity contribution in [2.24, 2.45) is 16.3 Å². The van der Waals surface area contributed by atoms with E-state index in [-0.39, 0.29) is 23.8 Å². The van der Waals surface area contributed by atoms with Gasteiger partial charge in [-0.2, -0.15) is 0 Å². The molecule has 1 aliphatic heterocycles. The van der Waals surface area contributed by atoms with Crippen LogP contribution in [0.1, 0.15) is 52.0 Å². The number of ether oxygens (including phenoxy) is 3. The van der Waals surface area contributed by atoms with Crippen LogP contribution in [0.4, 0.5) is 0 Å². The van der Waals surface area contributed by atoms with Crippen LogP contribution in [-0.4, -0.2) is 44.4 Å². The molecule has 1 unspecified atom stereocenters. The second-order valence-corrected chi connectivity index (χ2v) is 9.62. The first-order valence-corrected chi connectivity index (χ1v) is 11.4. The summed E-state index contributed by atoms with van der Waals surface area (Å²) in [5, 5.41) is 0. The number of rotatable bonds is 7. The molecule has 2 aliphatic rings. The maximum absolute atomic E-state index is 13.3. The fraction of sp³-hybridized carbons (Fsp3) is 0.542. The predicted octanol–water partition coefficient (Wildman–Crippen LogP) is 4.85. The summed E-state index contributed by atoms with van der Waals surface area (Å²) in [5.41, 5.74) is 2.79. The molecule has 1 aromatic rings. The van der Waals surface area contributed by atoms with E-state index in [0.717, 1.165) is 15.7 Å². The van der Waals surface area contributed by atoms with E-state index in [1.54, 1.807) is 7.11 Å². The average Bonchev–Trinajstić information content (AvgIpc) is 2.69. The Morgan fingerprint density at radius 1 is 1.26 bits per heavy atom. The number of aliphatic imine (C=N–C) groups is 1. The highest BCUT2D eigenvalue weighted by atomic mass is 79.9. The zero-order valence-corrected chi connectivity index (χ0v) is 20.4. The van der Waals surface area contributed by atoms with Gasteiger partial charge < -0.3 is 14.2 Å². The van der Waals surface area contributed by atoms with Gasteiger partial charge in [0.05, 0.1) is 18.2 Å². The molecule has 0 fully saturated rings. The fourth-order valence-electron chi connectivity index (χ4n) is 4.42. The van der Waals surface area contributed by atoms with E-state index in [0.29, 0.717) is 43.1 Å². The number of benzene rings is 1. The Bertz CT molecular complexity index is 934. The third kappa shape index (κ3) is 5.09. The minimum Gasteiger partial charge on any atom is -0.496 e. The third-order valence-corrected chi connectivity index (χ3v) is 6.39. The van der Waals surface area contributed by atoms with Gasteiger partial charge >= 0.3 is 5.97 Å². The van der Waals surface area contributed by atoms with Crippen LogP contribution >= 0.6 is 15.9 Å². The molecule has 168 valence electrons. The average molecular weight is 492 g/mol. The van der Waals surface area contributed by atoms with E-state index >= 15 is 0 Å². The van der Waals surface area contributed by atoms with Crippen LogP contribution in [0.2, 0.25) is 0 Å². The minimum absolute atomic E-state index is 0.0477. The first kappa shape index (κ1) is 23.7. The highest BCUT2D eigenvalue weighted by Gasteiger charge is 2.46. The number of allylic oxidation sites excluding steroid dienone is 2. The SMILES string of the molecule is CCOCCOC(=O)C1C(C)=NC2=C(C(=O)CC(C)(C)C2)[C@H]1c1ccc(OC)c(Br)c1. The minimum atomic E-state index is -0.661.